The molecule has 0 amide bonds. The van der Waals surface area contributed by atoms with Gasteiger partial charge in [-0.15, -0.1) is 11.3 Å². The molecular formula is C35H22N2S. The summed E-state index contributed by atoms with van der Waals surface area (Å²) in [4.78, 5) is 4.92. The van der Waals surface area contributed by atoms with E-state index in [2.05, 4.69) is 126 Å². The van der Waals surface area contributed by atoms with Gasteiger partial charge < -0.3 is 4.57 Å². The first kappa shape index (κ1) is 21.4. The molecule has 0 aliphatic heterocycles. The van der Waals surface area contributed by atoms with Gasteiger partial charge in [-0.1, -0.05) is 84.9 Å². The molecule has 0 saturated carbocycles. The topological polar surface area (TPSA) is 17.8 Å². The maximum Gasteiger partial charge on any atom is 0.0977 e. The molecule has 0 aliphatic carbocycles. The van der Waals surface area contributed by atoms with Crippen molar-refractivity contribution in [3.8, 4) is 27.9 Å². The van der Waals surface area contributed by atoms with E-state index in [9.17, 15) is 0 Å². The molecule has 5 aromatic carbocycles. The lowest BCUT2D eigenvalue weighted by molar-refractivity contribution is 1.18. The third kappa shape index (κ3) is 3.22. The Morgan fingerprint density at radius 2 is 1.21 bits per heavy atom. The molecule has 38 heavy (non-hydrogen) atoms. The molecule has 0 N–H and O–H groups in total. The highest BCUT2D eigenvalue weighted by molar-refractivity contribution is 7.26. The van der Waals surface area contributed by atoms with E-state index < -0.39 is 0 Å². The van der Waals surface area contributed by atoms with Crippen LogP contribution in [0.25, 0.3) is 70.0 Å². The van der Waals surface area contributed by atoms with Crippen molar-refractivity contribution < 1.29 is 0 Å². The minimum atomic E-state index is 1.05. The van der Waals surface area contributed by atoms with Gasteiger partial charge in [-0.05, 0) is 64.7 Å². The zero-order valence-electron chi connectivity index (χ0n) is 20.5. The van der Waals surface area contributed by atoms with E-state index in [0.717, 1.165) is 16.7 Å². The van der Waals surface area contributed by atoms with E-state index in [1.54, 1.807) is 0 Å². The number of hydrogen-bond acceptors (Lipinski definition) is 2. The summed E-state index contributed by atoms with van der Waals surface area (Å²) >= 11 is 1.86. The van der Waals surface area contributed by atoms with Gasteiger partial charge in [0.15, 0.2) is 0 Å². The lowest BCUT2D eigenvalue weighted by Gasteiger charge is -2.14. The molecule has 2 nitrogen and oxygen atoms in total. The van der Waals surface area contributed by atoms with E-state index in [-0.39, 0.29) is 0 Å². The number of aromatic nitrogens is 2. The van der Waals surface area contributed by atoms with Crippen molar-refractivity contribution in [1.82, 2.24) is 9.55 Å². The predicted molar refractivity (Wildman–Crippen MR) is 162 cm³/mol. The second kappa shape index (κ2) is 8.41. The second-order valence-electron chi connectivity index (χ2n) is 9.64. The monoisotopic (exact) mass is 502 g/mol. The molecule has 3 heteroatoms. The van der Waals surface area contributed by atoms with Crippen LogP contribution in [0.5, 0.6) is 0 Å². The predicted octanol–water partition coefficient (Wildman–Crippen LogP) is 9.88. The van der Waals surface area contributed by atoms with E-state index >= 15 is 0 Å². The molecule has 0 bridgehead atoms. The van der Waals surface area contributed by atoms with Gasteiger partial charge in [-0.3, -0.25) is 4.98 Å². The summed E-state index contributed by atoms with van der Waals surface area (Å²) in [6.45, 7) is 0. The number of benzene rings is 5. The van der Waals surface area contributed by atoms with Gasteiger partial charge in [0, 0.05) is 37.4 Å². The van der Waals surface area contributed by atoms with Gasteiger partial charge >= 0.3 is 0 Å². The molecule has 0 atom stereocenters. The Kier molecular flexibility index (Phi) is 4.73. The zero-order chi connectivity index (χ0) is 25.1. The van der Waals surface area contributed by atoms with Crippen molar-refractivity contribution in [3.05, 3.63) is 134 Å². The first-order valence-corrected chi connectivity index (χ1v) is 13.6. The zero-order valence-corrected chi connectivity index (χ0v) is 21.3. The molecule has 3 heterocycles. The van der Waals surface area contributed by atoms with Crippen molar-refractivity contribution in [3.63, 3.8) is 0 Å². The van der Waals surface area contributed by atoms with Gasteiger partial charge in [0.2, 0.25) is 0 Å². The number of fused-ring (bicyclic) bond motifs is 7. The molecule has 0 saturated heterocycles. The van der Waals surface area contributed by atoms with Crippen LogP contribution in [-0.4, -0.2) is 9.55 Å². The Hall–Kier alpha value is -4.73. The molecule has 0 unspecified atom stereocenters. The Labute approximate surface area is 224 Å². The summed E-state index contributed by atoms with van der Waals surface area (Å²) in [5.41, 5.74) is 9.30. The first-order valence-electron chi connectivity index (χ1n) is 12.8. The normalized spacial score (nSPS) is 11.7. The fourth-order valence-corrected chi connectivity index (χ4v) is 6.95. The van der Waals surface area contributed by atoms with E-state index in [4.69, 9.17) is 4.98 Å². The van der Waals surface area contributed by atoms with Crippen LogP contribution in [0.15, 0.2) is 134 Å². The fourth-order valence-electron chi connectivity index (χ4n) is 5.71. The van der Waals surface area contributed by atoms with E-state index in [1.165, 1.54) is 53.3 Å². The lowest BCUT2D eigenvalue weighted by atomic mass is 9.98. The summed E-state index contributed by atoms with van der Waals surface area (Å²) in [5, 5.41) is 3.83. The van der Waals surface area contributed by atoms with E-state index in [1.807, 2.05) is 23.6 Å². The maximum absolute atomic E-state index is 4.92. The Balaban J connectivity index is 1.49. The number of pyridine rings is 1. The molecule has 3 aromatic heterocycles. The molecule has 0 fully saturated rings. The molecular weight excluding hydrogens is 480 g/mol. The first-order chi connectivity index (χ1) is 18.8. The van der Waals surface area contributed by atoms with Crippen LogP contribution in [0.1, 0.15) is 0 Å². The molecule has 0 aliphatic rings. The van der Waals surface area contributed by atoms with Crippen molar-refractivity contribution >= 4 is 53.4 Å². The van der Waals surface area contributed by atoms with Gasteiger partial charge in [0.1, 0.15) is 0 Å². The highest BCUT2D eigenvalue weighted by atomic mass is 32.1. The fraction of sp³-hybridized carbons (Fsp3) is 0. The molecule has 0 spiro atoms. The summed E-state index contributed by atoms with van der Waals surface area (Å²) in [6.07, 6.45) is 1.91. The Bertz CT molecular complexity index is 2060. The lowest BCUT2D eigenvalue weighted by Crippen LogP contribution is -1.96. The number of nitrogens with zero attached hydrogens (tertiary/aromatic N) is 2. The Morgan fingerprint density at radius 1 is 0.526 bits per heavy atom. The molecule has 8 rings (SSSR count). The average molecular weight is 503 g/mol. The standard InChI is InChI=1S/C35H22N2S/c1-3-10-23(11-4-1)25-20-26(24-12-5-2-6-13-24)22-27(21-25)37-30-18-17-29-28-14-7-8-16-32(28)38-35(29)33(30)34-31(37)15-9-19-36-34/h1-22H. The van der Waals surface area contributed by atoms with Gasteiger partial charge in [-0.2, -0.15) is 0 Å². The van der Waals surface area contributed by atoms with Crippen LogP contribution < -0.4 is 0 Å². The van der Waals surface area contributed by atoms with Crippen LogP contribution in [0.4, 0.5) is 0 Å². The third-order valence-corrected chi connectivity index (χ3v) is 8.62. The largest absolute Gasteiger partial charge is 0.308 e. The average Bonchev–Trinajstić information content (AvgIpc) is 3.53. The molecule has 8 aromatic rings. The van der Waals surface area contributed by atoms with Crippen LogP contribution >= 0.6 is 11.3 Å². The van der Waals surface area contributed by atoms with Gasteiger partial charge in [0.05, 0.1) is 16.6 Å². The van der Waals surface area contributed by atoms with Crippen molar-refractivity contribution in [2.45, 2.75) is 0 Å². The van der Waals surface area contributed by atoms with Crippen molar-refractivity contribution in [1.29, 1.82) is 0 Å². The summed E-state index contributed by atoms with van der Waals surface area (Å²) in [6, 6.07) is 45.7. The number of rotatable bonds is 3. The van der Waals surface area contributed by atoms with Gasteiger partial charge in [0.25, 0.3) is 0 Å². The van der Waals surface area contributed by atoms with Crippen LogP contribution in [-0.2, 0) is 0 Å². The number of hydrogen-bond donors (Lipinski definition) is 0. The van der Waals surface area contributed by atoms with Crippen LogP contribution in [0, 0.1) is 0 Å². The highest BCUT2D eigenvalue weighted by Gasteiger charge is 2.19. The maximum atomic E-state index is 4.92. The summed E-state index contributed by atoms with van der Waals surface area (Å²) in [5.74, 6) is 0. The number of thiophene rings is 1. The quantitative estimate of drug-likeness (QED) is 0.235. The summed E-state index contributed by atoms with van der Waals surface area (Å²) in [7, 11) is 0. The molecule has 178 valence electrons. The van der Waals surface area contributed by atoms with Crippen molar-refractivity contribution in [2.75, 3.05) is 0 Å². The second-order valence-corrected chi connectivity index (χ2v) is 10.7. The van der Waals surface area contributed by atoms with Crippen LogP contribution in [0.3, 0.4) is 0 Å². The molecule has 0 radical (unpaired) electrons. The Morgan fingerprint density at radius 3 is 1.95 bits per heavy atom. The minimum absolute atomic E-state index is 1.05. The van der Waals surface area contributed by atoms with Gasteiger partial charge in [-0.25, -0.2) is 0 Å². The third-order valence-electron chi connectivity index (χ3n) is 7.42. The highest BCUT2D eigenvalue weighted by Crippen LogP contribution is 2.43. The van der Waals surface area contributed by atoms with Crippen LogP contribution in [0.2, 0.25) is 0 Å². The SMILES string of the molecule is c1ccc(-c2cc(-c3ccccc3)cc(-n3c4cccnc4c4c5sc6ccccc6c5ccc43)c2)cc1. The smallest absolute Gasteiger partial charge is 0.0977 e. The van der Waals surface area contributed by atoms with E-state index in [0.29, 0.717) is 0 Å². The van der Waals surface area contributed by atoms with Crippen molar-refractivity contribution in [2.24, 2.45) is 0 Å². The minimum Gasteiger partial charge on any atom is -0.308 e. The summed E-state index contributed by atoms with van der Waals surface area (Å²) < 4.78 is 5.00.